The van der Waals surface area contributed by atoms with E-state index in [2.05, 4.69) is 130 Å². The normalized spacial score (nSPS) is 51.8. The molecule has 9 N–H and O–H groups in total. The van der Waals surface area contributed by atoms with E-state index in [0.29, 0.717) is 90.3 Å². The van der Waals surface area contributed by atoms with Crippen LogP contribution in [-0.4, -0.2) is 116 Å². The summed E-state index contributed by atoms with van der Waals surface area (Å²) in [6, 6.07) is 9.97. The molecule has 12 nitrogen and oxygen atoms in total. The molecule has 1 aromatic carbocycles. The van der Waals surface area contributed by atoms with Crippen LogP contribution in [0, 0.1) is 164 Å². The molecule has 112 heavy (non-hydrogen) atoms. The van der Waals surface area contributed by atoms with Crippen molar-refractivity contribution in [2.24, 2.45) is 164 Å². The third-order valence-corrected chi connectivity index (χ3v) is 42.3. The van der Waals surface area contributed by atoms with Crippen LogP contribution < -0.4 is 0 Å². The van der Waals surface area contributed by atoms with E-state index in [0.717, 1.165) is 157 Å². The van der Waals surface area contributed by atoms with Gasteiger partial charge in [-0.2, -0.15) is 0 Å². The van der Waals surface area contributed by atoms with Crippen LogP contribution in [0.4, 0.5) is 0 Å². The molecule has 14 saturated carbocycles. The maximum absolute atomic E-state index is 14.2. The van der Waals surface area contributed by atoms with Crippen molar-refractivity contribution in [2.75, 3.05) is 46.2 Å². The van der Waals surface area contributed by atoms with Crippen molar-refractivity contribution in [3.63, 3.8) is 0 Å². The number of aliphatic hydroxyl groups excluding tert-OH is 9. The smallest absolute Gasteiger partial charge is 0.312 e. The summed E-state index contributed by atoms with van der Waals surface area (Å²) in [6.07, 6.45) is 33.4. The van der Waals surface area contributed by atoms with Crippen LogP contribution in [0.3, 0.4) is 0 Å². The molecule has 15 aliphatic rings. The molecule has 8 unspecified atom stereocenters. The Bertz CT molecular complexity index is 3700. The van der Waals surface area contributed by atoms with Gasteiger partial charge in [-0.05, 0) is 347 Å². The van der Waals surface area contributed by atoms with Crippen LogP contribution in [0.2, 0.25) is 0 Å². The topological polar surface area (TPSA) is 218 Å². The first kappa shape index (κ1) is 85.5. The number of aliphatic hydroxyl groups is 9. The van der Waals surface area contributed by atoms with Gasteiger partial charge in [0.05, 0.1) is 69.1 Å². The summed E-state index contributed by atoms with van der Waals surface area (Å²) in [5.74, 6) is 6.18. The lowest BCUT2D eigenvalue weighted by Gasteiger charge is -2.73. The van der Waals surface area contributed by atoms with Crippen LogP contribution in [0.25, 0.3) is 0 Å². The zero-order chi connectivity index (χ0) is 81.2. The lowest BCUT2D eigenvalue weighted by molar-refractivity contribution is -0.254. The summed E-state index contributed by atoms with van der Waals surface area (Å²) in [4.78, 5) is 14.2. The van der Waals surface area contributed by atoms with Crippen LogP contribution in [0.1, 0.15) is 302 Å². The summed E-state index contributed by atoms with van der Waals surface area (Å²) in [7, 11) is 0. The van der Waals surface area contributed by atoms with Crippen molar-refractivity contribution in [2.45, 2.75) is 321 Å². The first-order chi connectivity index (χ1) is 52.6. The van der Waals surface area contributed by atoms with E-state index in [4.69, 9.17) is 9.47 Å². The molecule has 0 saturated heterocycles. The van der Waals surface area contributed by atoms with Crippen LogP contribution in [0.15, 0.2) is 78.6 Å². The van der Waals surface area contributed by atoms with Crippen LogP contribution in [0.5, 0.6) is 0 Å². The third-order valence-electron chi connectivity index (χ3n) is 42.3. The van der Waals surface area contributed by atoms with E-state index in [-0.39, 0.29) is 122 Å². The Labute approximate surface area is 677 Å². The second-order valence-electron chi connectivity index (χ2n) is 45.9. The summed E-state index contributed by atoms with van der Waals surface area (Å²) in [6.45, 7) is 51.1. The standard InChI is InChI=1S/C37H54O5.C33H54O4.C30H50O3/c1-24(21-38)26-13-18-37(32(41)42-22-25-9-7-6-8-10-25)20-19-35(4)27(31(26)37)11-12-29-33(2)16-15-30(40)34(3,23-39)28(33)14-17-36(29,35)5;1-8-37-22(3)33-16-11-23(21(2)19-34)28(33)24-9-10-26-29(4)14-13-27(36)30(5,20-35)25(29)12-15-32(26,7)31(24,6)17-18-33;1-25(2)13-15-30(19-32)16-14-28(5)20(21(30)17-25)7-8-23-26(3)11-10-24(33)27(4,18-31)22(26)9-12-29(23,28)6/h6-10,26-31,38-40H,1,11-23H2,2-5H3;23-28,34-36H,2-3,8-20H2,1,4-7H3;7,21-24,31-33H,8-19H2,1-6H3/t26-,27?,28+,29?,30-,31?,33-,34-,35+,36+,37-;23-,24?,25+,26?,27-,28?,29-,30-,31+,32+,33+;21-,22?,23?,24+,26+,27+,28-,29-,30-/m001/s1. The molecule has 15 aliphatic carbocycles. The van der Waals surface area contributed by atoms with Gasteiger partial charge in [0, 0.05) is 33.7 Å². The minimum absolute atomic E-state index is 0.00231. The number of benzene rings is 1. The number of rotatable bonds is 14. The van der Waals surface area contributed by atoms with Gasteiger partial charge in [0.1, 0.15) is 6.61 Å². The van der Waals surface area contributed by atoms with Crippen molar-refractivity contribution in [1.82, 2.24) is 0 Å². The van der Waals surface area contributed by atoms with E-state index in [9.17, 15) is 50.8 Å². The van der Waals surface area contributed by atoms with E-state index in [1.165, 1.54) is 57.8 Å². The van der Waals surface area contributed by atoms with Gasteiger partial charge in [0.2, 0.25) is 0 Å². The molecular weight excluding hydrogens is 1390 g/mol. The van der Waals surface area contributed by atoms with Gasteiger partial charge in [0.15, 0.2) is 0 Å². The average Bonchev–Trinajstić information content (AvgIpc) is 1.12. The van der Waals surface area contributed by atoms with Gasteiger partial charge in [0.25, 0.3) is 0 Å². The number of esters is 1. The fourth-order valence-corrected chi connectivity index (χ4v) is 35.1. The number of ether oxygens (including phenoxy) is 2. The highest BCUT2D eigenvalue weighted by Crippen LogP contribution is 2.82. The van der Waals surface area contributed by atoms with Gasteiger partial charge < -0.3 is 55.4 Å². The van der Waals surface area contributed by atoms with E-state index in [1.54, 1.807) is 5.57 Å². The molecule has 0 aromatic heterocycles. The molecule has 0 aliphatic heterocycles. The summed E-state index contributed by atoms with van der Waals surface area (Å²) in [5, 5.41) is 95.5. The molecule has 1 aromatic rings. The van der Waals surface area contributed by atoms with Gasteiger partial charge in [-0.1, -0.05) is 159 Å². The van der Waals surface area contributed by atoms with Gasteiger partial charge in [-0.15, -0.1) is 0 Å². The van der Waals surface area contributed by atoms with Gasteiger partial charge in [-0.3, -0.25) is 4.79 Å². The van der Waals surface area contributed by atoms with Crippen molar-refractivity contribution < 1.29 is 60.2 Å². The fourth-order valence-electron chi connectivity index (χ4n) is 35.1. The molecule has 0 bridgehead atoms. The van der Waals surface area contributed by atoms with Crippen LogP contribution in [-0.2, 0) is 20.9 Å². The monoisotopic (exact) mass is 1550 g/mol. The molecule has 12 heteroatoms. The maximum atomic E-state index is 14.2. The summed E-state index contributed by atoms with van der Waals surface area (Å²) < 4.78 is 12.3. The number of hydrogen-bond acceptors (Lipinski definition) is 12. The second-order valence-corrected chi connectivity index (χ2v) is 45.9. The Hall–Kier alpha value is -2.91. The Morgan fingerprint density at radius 2 is 0.866 bits per heavy atom. The summed E-state index contributed by atoms with van der Waals surface area (Å²) >= 11 is 0. The number of carbonyl (C=O) groups excluding carboxylic acids is 1. The lowest BCUT2D eigenvalue weighted by Crippen LogP contribution is -2.67. The van der Waals surface area contributed by atoms with Gasteiger partial charge in [-0.25, -0.2) is 0 Å². The van der Waals surface area contributed by atoms with Crippen molar-refractivity contribution in [1.29, 1.82) is 0 Å². The van der Waals surface area contributed by atoms with Crippen molar-refractivity contribution >= 4 is 5.97 Å². The SMILES string of the molecule is C=C(CO)[C@@H]1CC[C@]2(C(=C)OCC)CC[C@]3(C)C(CCC4[C@@]5(C)CC[C@H](O)[C@@](C)(CO)[C@@H]5CC[C@]43C)C12.C=C(CO)[C@@H]1CC[C@]2(C(=O)OCc3ccccc3)CC[C@]3(C)C(CCC4[C@@]5(C)CC[C@H](O)[C@@](C)(CO)[C@@H]5CC[C@]43C)C12.CC1(C)CC[C@]2(CO)CC[C@]3(C)C(=CCC4[C@@]5(C)CC[C@H](O)[C@@](C)(CO)C5CC[C@]43C)[C@H]2C1. The molecule has 0 heterocycles. The number of fused-ring (bicyclic) bond motifs is 21. The summed E-state index contributed by atoms with van der Waals surface area (Å²) in [5.41, 5.74) is 4.66. The number of carbonyl (C=O) groups is 1. The highest BCUT2D eigenvalue weighted by Gasteiger charge is 2.76. The molecule has 630 valence electrons. The highest BCUT2D eigenvalue weighted by atomic mass is 16.5. The Morgan fingerprint density at radius 1 is 0.429 bits per heavy atom. The molecule has 0 amide bonds. The predicted molar refractivity (Wildman–Crippen MR) is 446 cm³/mol. The minimum Gasteiger partial charge on any atom is -0.498 e. The van der Waals surface area contributed by atoms with E-state index >= 15 is 0 Å². The number of hydrogen-bond donors (Lipinski definition) is 9. The second kappa shape index (κ2) is 29.5. The predicted octanol–water partition coefficient (Wildman–Crippen LogP) is 19.3. The zero-order valence-corrected chi connectivity index (χ0v) is 72.9. The van der Waals surface area contributed by atoms with Gasteiger partial charge >= 0.3 is 5.97 Å². The molecule has 0 spiro atoms. The average molecular weight is 1550 g/mol. The fraction of sp³-hybridized carbons (Fsp3) is 0.850. The molecular formula is C100H158O12. The first-order valence-electron chi connectivity index (χ1n) is 45.9. The Morgan fingerprint density at radius 3 is 1.32 bits per heavy atom. The highest BCUT2D eigenvalue weighted by molar-refractivity contribution is 5.78. The maximum Gasteiger partial charge on any atom is 0.312 e. The van der Waals surface area contributed by atoms with Crippen LogP contribution >= 0.6 is 0 Å². The molecule has 14 fully saturated rings. The quantitative estimate of drug-likeness (QED) is 0.0483. The van der Waals surface area contributed by atoms with E-state index in [1.807, 2.05) is 30.3 Å². The molecule has 31 atom stereocenters. The zero-order valence-electron chi connectivity index (χ0n) is 72.9. The van der Waals surface area contributed by atoms with E-state index < -0.39 is 28.5 Å². The minimum atomic E-state index is -0.517. The van der Waals surface area contributed by atoms with Crippen molar-refractivity contribution in [3.05, 3.63) is 84.2 Å². The lowest BCUT2D eigenvalue weighted by atomic mass is 9.32. The first-order valence-corrected chi connectivity index (χ1v) is 45.9. The van der Waals surface area contributed by atoms with Crippen molar-refractivity contribution in [3.8, 4) is 0 Å². The Balaban J connectivity index is 0.000000141. The largest absolute Gasteiger partial charge is 0.498 e. The molecule has 0 radical (unpaired) electrons. The Kier molecular flexibility index (Phi) is 22.5. The number of allylic oxidation sites excluding steroid dienone is 3. The molecule has 16 rings (SSSR count). The third kappa shape index (κ3) is 11.9.